The minimum Gasteiger partial charge on any atom is -0.402 e. The molecule has 1 aliphatic carbocycles. The van der Waals surface area contributed by atoms with Crippen LogP contribution in [0.5, 0.6) is 0 Å². The molecule has 1 fully saturated rings. The number of benzene rings is 3. The summed E-state index contributed by atoms with van der Waals surface area (Å²) in [6, 6.07) is 25.9. The fourth-order valence-corrected chi connectivity index (χ4v) is 3.93. The van der Waals surface area contributed by atoms with Crippen LogP contribution in [0.1, 0.15) is 42.5 Å². The molecule has 1 saturated carbocycles. The quantitative estimate of drug-likeness (QED) is 0.321. The number of nitrogens with zero attached hydrogens (tertiary/aromatic N) is 1. The van der Waals surface area contributed by atoms with E-state index in [2.05, 4.69) is 46.0 Å². The first-order chi connectivity index (χ1) is 17.0. The third-order valence-electron chi connectivity index (χ3n) is 5.91. The molecule has 3 aromatic rings. The number of nitrogens with one attached hydrogen (secondary N) is 2. The lowest BCUT2D eigenvalue weighted by Gasteiger charge is -2.21. The van der Waals surface area contributed by atoms with Crippen molar-refractivity contribution in [3.8, 4) is 0 Å². The number of amides is 1. The number of anilines is 1. The van der Waals surface area contributed by atoms with Gasteiger partial charge >= 0.3 is 0 Å². The summed E-state index contributed by atoms with van der Waals surface area (Å²) in [7, 11) is 0. The first kappa shape index (κ1) is 24.4. The zero-order chi connectivity index (χ0) is 24.6. The number of hydrogen-bond acceptors (Lipinski definition) is 5. The Morgan fingerprint density at radius 1 is 1.03 bits per heavy atom. The molecule has 0 aliphatic heterocycles. The van der Waals surface area contributed by atoms with Gasteiger partial charge in [-0.25, -0.2) is 4.99 Å². The molecule has 0 saturated heterocycles. The molecular formula is C29H33N5O. The summed E-state index contributed by atoms with van der Waals surface area (Å²) >= 11 is 0. The van der Waals surface area contributed by atoms with Gasteiger partial charge in [0.05, 0.1) is 11.7 Å². The molecule has 0 bridgehead atoms. The molecule has 0 heterocycles. The summed E-state index contributed by atoms with van der Waals surface area (Å²) in [5.74, 6) is 0.430. The van der Waals surface area contributed by atoms with Crippen LogP contribution in [0.4, 0.5) is 11.4 Å². The van der Waals surface area contributed by atoms with Crippen LogP contribution in [-0.2, 0) is 11.3 Å². The first-order valence-electron chi connectivity index (χ1n) is 12.0. The number of nitrogens with two attached hydrogens (primary N) is 2. The minimum absolute atomic E-state index is 0.0481. The SMILES string of the molecule is CC(N)=CC(=Nc1cccc(CN)c1)C(=O)Nc1cccc(C(NCC2CC2)c2ccccc2)c1. The maximum absolute atomic E-state index is 13.2. The van der Waals surface area contributed by atoms with E-state index < -0.39 is 0 Å². The molecule has 1 unspecified atom stereocenters. The van der Waals surface area contributed by atoms with Crippen LogP contribution in [0.25, 0.3) is 0 Å². The smallest absolute Gasteiger partial charge is 0.274 e. The molecule has 6 N–H and O–H groups in total. The van der Waals surface area contributed by atoms with Crippen LogP contribution >= 0.6 is 0 Å². The molecule has 0 aromatic heterocycles. The Labute approximate surface area is 207 Å². The first-order valence-corrected chi connectivity index (χ1v) is 12.0. The Morgan fingerprint density at radius 3 is 2.49 bits per heavy atom. The van der Waals surface area contributed by atoms with Gasteiger partial charge in [0.15, 0.2) is 0 Å². The van der Waals surface area contributed by atoms with E-state index in [0.717, 1.165) is 23.6 Å². The van der Waals surface area contributed by atoms with Crippen molar-refractivity contribution >= 4 is 23.0 Å². The Kier molecular flexibility index (Phi) is 8.08. The van der Waals surface area contributed by atoms with Gasteiger partial charge in [0.1, 0.15) is 5.71 Å². The second kappa shape index (κ2) is 11.6. The Bertz CT molecular complexity index is 1210. The molecule has 0 radical (unpaired) electrons. The molecule has 3 aromatic carbocycles. The highest BCUT2D eigenvalue weighted by atomic mass is 16.1. The molecule has 1 atom stereocenters. The second-order valence-electron chi connectivity index (χ2n) is 9.03. The number of allylic oxidation sites excluding steroid dienone is 1. The summed E-state index contributed by atoms with van der Waals surface area (Å²) in [5.41, 5.74) is 17.0. The number of carbonyl (C=O) groups is 1. The van der Waals surface area contributed by atoms with Gasteiger partial charge in [-0.15, -0.1) is 0 Å². The summed E-state index contributed by atoms with van der Waals surface area (Å²) in [4.78, 5) is 17.7. The van der Waals surface area contributed by atoms with Gasteiger partial charge in [0.25, 0.3) is 5.91 Å². The van der Waals surface area contributed by atoms with Crippen molar-refractivity contribution in [3.63, 3.8) is 0 Å². The highest BCUT2D eigenvalue weighted by Crippen LogP contribution is 2.30. The number of hydrogen-bond donors (Lipinski definition) is 4. The predicted molar refractivity (Wildman–Crippen MR) is 143 cm³/mol. The molecule has 35 heavy (non-hydrogen) atoms. The van der Waals surface area contributed by atoms with E-state index in [0.29, 0.717) is 23.6 Å². The number of rotatable bonds is 10. The van der Waals surface area contributed by atoms with E-state index in [4.69, 9.17) is 11.5 Å². The minimum atomic E-state index is -0.327. The number of aliphatic imine (C=N–C) groups is 1. The van der Waals surface area contributed by atoms with Gasteiger partial charge in [-0.3, -0.25) is 4.79 Å². The molecule has 1 aliphatic rings. The topological polar surface area (TPSA) is 106 Å². The van der Waals surface area contributed by atoms with E-state index in [9.17, 15) is 4.79 Å². The van der Waals surface area contributed by atoms with Crippen LogP contribution in [0.2, 0.25) is 0 Å². The summed E-state index contributed by atoms with van der Waals surface area (Å²) in [5, 5.41) is 6.71. The Balaban J connectivity index is 1.58. The Morgan fingerprint density at radius 2 is 1.77 bits per heavy atom. The van der Waals surface area contributed by atoms with Crippen LogP contribution in [0, 0.1) is 5.92 Å². The van der Waals surface area contributed by atoms with E-state index >= 15 is 0 Å². The van der Waals surface area contributed by atoms with E-state index in [1.165, 1.54) is 18.4 Å². The van der Waals surface area contributed by atoms with Gasteiger partial charge in [0.2, 0.25) is 0 Å². The maximum Gasteiger partial charge on any atom is 0.274 e. The average molecular weight is 468 g/mol. The normalized spacial score (nSPS) is 15.0. The van der Waals surface area contributed by atoms with Crippen LogP contribution in [-0.4, -0.2) is 18.2 Å². The summed E-state index contributed by atoms with van der Waals surface area (Å²) in [6.45, 7) is 3.12. The highest BCUT2D eigenvalue weighted by Gasteiger charge is 2.23. The lowest BCUT2D eigenvalue weighted by molar-refractivity contribution is -0.110. The molecule has 0 spiro atoms. The third-order valence-corrected chi connectivity index (χ3v) is 5.91. The third kappa shape index (κ3) is 7.12. The van der Waals surface area contributed by atoms with E-state index in [1.54, 1.807) is 13.0 Å². The average Bonchev–Trinajstić information content (AvgIpc) is 3.69. The molecule has 1 amide bonds. The van der Waals surface area contributed by atoms with Gasteiger partial charge in [-0.05, 0) is 79.3 Å². The largest absolute Gasteiger partial charge is 0.402 e. The highest BCUT2D eigenvalue weighted by molar-refractivity contribution is 6.47. The zero-order valence-corrected chi connectivity index (χ0v) is 20.1. The lowest BCUT2D eigenvalue weighted by Crippen LogP contribution is -2.25. The van der Waals surface area contributed by atoms with Crippen molar-refractivity contribution < 1.29 is 4.79 Å². The van der Waals surface area contributed by atoms with Crippen LogP contribution < -0.4 is 22.1 Å². The molecular weight excluding hydrogens is 434 g/mol. The monoisotopic (exact) mass is 467 g/mol. The standard InChI is InChI=1S/C29H33N5O/c1-20(31)15-27(33-25-11-5-7-22(16-25)18-30)29(35)34-26-12-6-10-24(17-26)28(32-19-21-13-14-21)23-8-3-2-4-9-23/h2-12,15-17,21,28,32H,13-14,18-19,30-31H2,1H3,(H,34,35). The molecule has 180 valence electrons. The number of carbonyl (C=O) groups excluding carboxylic acids is 1. The molecule has 6 nitrogen and oxygen atoms in total. The van der Waals surface area contributed by atoms with Crippen molar-refractivity contribution in [1.29, 1.82) is 0 Å². The summed E-state index contributed by atoms with van der Waals surface area (Å²) < 4.78 is 0. The van der Waals surface area contributed by atoms with Gasteiger partial charge in [-0.2, -0.15) is 0 Å². The maximum atomic E-state index is 13.2. The van der Waals surface area contributed by atoms with Crippen molar-refractivity contribution in [2.75, 3.05) is 11.9 Å². The Hall–Kier alpha value is -3.74. The van der Waals surface area contributed by atoms with E-state index in [1.807, 2.05) is 48.5 Å². The zero-order valence-electron chi connectivity index (χ0n) is 20.1. The van der Waals surface area contributed by atoms with Gasteiger partial charge in [0, 0.05) is 17.9 Å². The summed E-state index contributed by atoms with van der Waals surface area (Å²) in [6.07, 6.45) is 4.15. The van der Waals surface area contributed by atoms with Gasteiger partial charge in [-0.1, -0.05) is 54.6 Å². The van der Waals surface area contributed by atoms with Crippen molar-refractivity contribution in [2.45, 2.75) is 32.4 Å². The molecule has 4 rings (SSSR count). The fraction of sp³-hybridized carbons (Fsp3) is 0.241. The van der Waals surface area contributed by atoms with Crippen molar-refractivity contribution in [1.82, 2.24) is 5.32 Å². The van der Waals surface area contributed by atoms with Crippen molar-refractivity contribution in [3.05, 3.63) is 107 Å². The van der Waals surface area contributed by atoms with Crippen LogP contribution in [0.3, 0.4) is 0 Å². The second-order valence-corrected chi connectivity index (χ2v) is 9.03. The predicted octanol–water partition coefficient (Wildman–Crippen LogP) is 4.81. The van der Waals surface area contributed by atoms with Crippen LogP contribution in [0.15, 0.2) is 95.6 Å². The lowest BCUT2D eigenvalue weighted by atomic mass is 9.98. The van der Waals surface area contributed by atoms with E-state index in [-0.39, 0.29) is 17.7 Å². The molecule has 6 heteroatoms. The van der Waals surface area contributed by atoms with Gasteiger partial charge < -0.3 is 22.1 Å². The van der Waals surface area contributed by atoms with Crippen molar-refractivity contribution in [2.24, 2.45) is 22.4 Å². The fourth-order valence-electron chi connectivity index (χ4n) is 3.93.